The lowest BCUT2D eigenvalue weighted by Crippen LogP contribution is -2.15. The van der Waals surface area contributed by atoms with Gasteiger partial charge in [0.2, 0.25) is 0 Å². The SMILES string of the molecule is O/N=C(/Cc1nc2cc(Cl)c(Cl)cc2nc1C/C(=N/O)c1ccncc1)c1ccncc1. The summed E-state index contributed by atoms with van der Waals surface area (Å²) in [5.74, 6) is 0. The molecule has 0 aliphatic rings. The molecule has 160 valence electrons. The molecule has 0 saturated heterocycles. The summed E-state index contributed by atoms with van der Waals surface area (Å²) in [6, 6.07) is 10.2. The largest absolute Gasteiger partial charge is 0.411 e. The first-order chi connectivity index (χ1) is 15.6. The fourth-order valence-corrected chi connectivity index (χ4v) is 3.52. The summed E-state index contributed by atoms with van der Waals surface area (Å²) in [7, 11) is 0. The predicted molar refractivity (Wildman–Crippen MR) is 122 cm³/mol. The van der Waals surface area contributed by atoms with E-state index in [2.05, 4.69) is 20.3 Å². The average molecular weight is 467 g/mol. The van der Waals surface area contributed by atoms with Gasteiger partial charge in [0, 0.05) is 48.8 Å². The topological polar surface area (TPSA) is 117 Å². The Bertz CT molecular complexity index is 1210. The first-order valence-electron chi connectivity index (χ1n) is 9.46. The molecule has 3 heterocycles. The van der Waals surface area contributed by atoms with Gasteiger partial charge in [0.15, 0.2) is 0 Å². The van der Waals surface area contributed by atoms with Gasteiger partial charge < -0.3 is 10.4 Å². The van der Waals surface area contributed by atoms with E-state index in [1.165, 1.54) is 0 Å². The summed E-state index contributed by atoms with van der Waals surface area (Å²) in [6.07, 6.45) is 6.77. The lowest BCUT2D eigenvalue weighted by Gasteiger charge is -2.12. The van der Waals surface area contributed by atoms with Gasteiger partial charge in [0.25, 0.3) is 0 Å². The highest BCUT2D eigenvalue weighted by molar-refractivity contribution is 6.42. The minimum Gasteiger partial charge on any atom is -0.411 e. The van der Waals surface area contributed by atoms with E-state index in [1.807, 2.05) is 0 Å². The van der Waals surface area contributed by atoms with Crippen molar-refractivity contribution < 1.29 is 10.4 Å². The standard InChI is InChI=1S/C22H16Cl2N6O2/c23-15-9-19-20(10-16(15)24)28-22(12-18(30-32)14-3-7-26-8-4-14)21(27-19)11-17(29-31)13-1-5-25-6-2-13/h1-10,31-32H,11-12H2/b29-17-,30-18-. The van der Waals surface area contributed by atoms with Gasteiger partial charge >= 0.3 is 0 Å². The highest BCUT2D eigenvalue weighted by atomic mass is 35.5. The second kappa shape index (κ2) is 9.67. The molecule has 2 N–H and O–H groups in total. The van der Waals surface area contributed by atoms with Gasteiger partial charge in [-0.25, -0.2) is 9.97 Å². The van der Waals surface area contributed by atoms with Gasteiger partial charge in [0.05, 0.1) is 43.9 Å². The van der Waals surface area contributed by atoms with E-state index >= 15 is 0 Å². The summed E-state index contributed by atoms with van der Waals surface area (Å²) >= 11 is 12.3. The third kappa shape index (κ3) is 4.66. The minimum atomic E-state index is 0.175. The van der Waals surface area contributed by atoms with E-state index in [4.69, 9.17) is 33.2 Å². The summed E-state index contributed by atoms with van der Waals surface area (Å²) < 4.78 is 0. The highest BCUT2D eigenvalue weighted by Crippen LogP contribution is 2.27. The molecule has 1 aromatic carbocycles. The van der Waals surface area contributed by atoms with Gasteiger partial charge in [-0.15, -0.1) is 0 Å². The molecule has 0 radical (unpaired) electrons. The van der Waals surface area contributed by atoms with Crippen molar-refractivity contribution in [1.82, 2.24) is 19.9 Å². The van der Waals surface area contributed by atoms with Crippen LogP contribution in [0.15, 0.2) is 71.5 Å². The molecular formula is C22H16Cl2N6O2. The maximum Gasteiger partial charge on any atom is 0.0929 e. The molecule has 8 nitrogen and oxygen atoms in total. The first-order valence-corrected chi connectivity index (χ1v) is 10.2. The van der Waals surface area contributed by atoms with E-state index in [9.17, 15) is 10.4 Å². The van der Waals surface area contributed by atoms with Crippen LogP contribution in [0.5, 0.6) is 0 Å². The zero-order chi connectivity index (χ0) is 22.5. The van der Waals surface area contributed by atoms with E-state index in [1.54, 1.807) is 61.2 Å². The van der Waals surface area contributed by atoms with Crippen molar-refractivity contribution in [1.29, 1.82) is 0 Å². The van der Waals surface area contributed by atoms with Gasteiger partial charge in [-0.3, -0.25) is 9.97 Å². The van der Waals surface area contributed by atoms with Crippen LogP contribution in [0.4, 0.5) is 0 Å². The van der Waals surface area contributed by atoms with Crippen LogP contribution in [0.3, 0.4) is 0 Å². The van der Waals surface area contributed by atoms with E-state index in [0.717, 1.165) is 0 Å². The third-order valence-electron chi connectivity index (χ3n) is 4.80. The van der Waals surface area contributed by atoms with Crippen molar-refractivity contribution in [2.75, 3.05) is 0 Å². The molecule has 0 atom stereocenters. The minimum absolute atomic E-state index is 0.175. The van der Waals surface area contributed by atoms with Gasteiger partial charge in [-0.2, -0.15) is 0 Å². The van der Waals surface area contributed by atoms with Crippen molar-refractivity contribution >= 4 is 45.7 Å². The number of fused-ring (bicyclic) bond motifs is 1. The third-order valence-corrected chi connectivity index (χ3v) is 5.52. The van der Waals surface area contributed by atoms with Crippen LogP contribution in [0, 0.1) is 0 Å². The fourth-order valence-electron chi connectivity index (χ4n) is 3.20. The smallest absolute Gasteiger partial charge is 0.0929 e. The quantitative estimate of drug-likeness (QED) is 0.244. The predicted octanol–water partition coefficient (Wildman–Crippen LogP) is 4.57. The van der Waals surface area contributed by atoms with Crippen LogP contribution in [-0.4, -0.2) is 41.8 Å². The number of rotatable bonds is 6. The number of aromatic nitrogens is 4. The molecular weight excluding hydrogens is 451 g/mol. The Hall–Kier alpha value is -3.62. The number of pyridine rings is 2. The number of hydrogen-bond acceptors (Lipinski definition) is 8. The van der Waals surface area contributed by atoms with E-state index < -0.39 is 0 Å². The van der Waals surface area contributed by atoms with Crippen LogP contribution >= 0.6 is 23.2 Å². The van der Waals surface area contributed by atoms with Crippen molar-refractivity contribution in [2.45, 2.75) is 12.8 Å². The fraction of sp³-hybridized carbons (Fsp3) is 0.0909. The van der Waals surface area contributed by atoms with Crippen molar-refractivity contribution in [3.8, 4) is 0 Å². The average Bonchev–Trinajstić information content (AvgIpc) is 2.83. The van der Waals surface area contributed by atoms with Crippen LogP contribution in [0.2, 0.25) is 10.0 Å². The van der Waals surface area contributed by atoms with E-state index in [0.29, 0.717) is 55.0 Å². The van der Waals surface area contributed by atoms with Crippen LogP contribution in [0.1, 0.15) is 22.5 Å². The Morgan fingerprint density at radius 3 is 1.41 bits per heavy atom. The van der Waals surface area contributed by atoms with Crippen molar-refractivity contribution in [3.63, 3.8) is 0 Å². The Morgan fingerprint density at radius 1 is 0.688 bits per heavy atom. The molecule has 0 amide bonds. The molecule has 0 unspecified atom stereocenters. The Kier molecular flexibility index (Phi) is 6.53. The van der Waals surface area contributed by atoms with Crippen LogP contribution in [-0.2, 0) is 12.8 Å². The summed E-state index contributed by atoms with van der Waals surface area (Å²) in [4.78, 5) is 17.4. The summed E-state index contributed by atoms with van der Waals surface area (Å²) in [6.45, 7) is 0. The number of hydrogen-bond donors (Lipinski definition) is 2. The summed E-state index contributed by atoms with van der Waals surface area (Å²) in [5, 5.41) is 26.9. The number of oxime groups is 2. The number of nitrogens with zero attached hydrogens (tertiary/aromatic N) is 6. The molecule has 0 bridgehead atoms. The molecule has 0 spiro atoms. The highest BCUT2D eigenvalue weighted by Gasteiger charge is 2.18. The molecule has 32 heavy (non-hydrogen) atoms. The molecule has 4 aromatic rings. The Labute approximate surface area is 192 Å². The summed E-state index contributed by atoms with van der Waals surface area (Å²) in [5.41, 5.74) is 4.30. The zero-order valence-electron chi connectivity index (χ0n) is 16.5. The second-order valence-electron chi connectivity index (χ2n) is 6.79. The first kappa shape index (κ1) is 21.6. The van der Waals surface area contributed by atoms with Crippen LogP contribution in [0.25, 0.3) is 11.0 Å². The van der Waals surface area contributed by atoms with Gasteiger partial charge in [-0.1, -0.05) is 33.5 Å². The van der Waals surface area contributed by atoms with Gasteiger partial charge in [-0.05, 0) is 36.4 Å². The molecule has 3 aromatic heterocycles. The molecule has 10 heteroatoms. The zero-order valence-corrected chi connectivity index (χ0v) is 18.0. The van der Waals surface area contributed by atoms with Crippen molar-refractivity contribution in [2.24, 2.45) is 10.3 Å². The maximum atomic E-state index is 9.64. The second-order valence-corrected chi connectivity index (χ2v) is 7.61. The lowest BCUT2D eigenvalue weighted by atomic mass is 10.0. The molecule has 0 saturated carbocycles. The molecule has 0 fully saturated rings. The van der Waals surface area contributed by atoms with Crippen LogP contribution < -0.4 is 0 Å². The maximum absolute atomic E-state index is 9.64. The lowest BCUT2D eigenvalue weighted by molar-refractivity contribution is 0.318. The Morgan fingerprint density at radius 2 is 1.06 bits per heavy atom. The van der Waals surface area contributed by atoms with Crippen molar-refractivity contribution in [3.05, 3.63) is 93.7 Å². The Balaban J connectivity index is 1.81. The molecule has 0 aliphatic carbocycles. The normalized spacial score (nSPS) is 12.3. The molecule has 4 rings (SSSR count). The number of benzene rings is 1. The number of halogens is 2. The molecule has 0 aliphatic heterocycles. The van der Waals surface area contributed by atoms with Gasteiger partial charge in [0.1, 0.15) is 0 Å². The monoisotopic (exact) mass is 466 g/mol. The van der Waals surface area contributed by atoms with E-state index in [-0.39, 0.29) is 12.8 Å².